The summed E-state index contributed by atoms with van der Waals surface area (Å²) in [6.07, 6.45) is 1.63. The summed E-state index contributed by atoms with van der Waals surface area (Å²) in [6, 6.07) is 1.69. The summed E-state index contributed by atoms with van der Waals surface area (Å²) in [4.78, 5) is 0.334. The molecular weight excluding hydrogens is 214 g/mol. The van der Waals surface area contributed by atoms with Gasteiger partial charge in [-0.3, -0.25) is 0 Å². The molecule has 1 heterocycles. The van der Waals surface area contributed by atoms with Crippen LogP contribution in [-0.4, -0.2) is 38.4 Å². The second kappa shape index (κ2) is 4.34. The lowest BCUT2D eigenvalue weighted by Crippen LogP contribution is -2.21. The van der Waals surface area contributed by atoms with Gasteiger partial charge in [-0.2, -0.15) is 0 Å². The van der Waals surface area contributed by atoms with Crippen LogP contribution in [0, 0.1) is 0 Å². The molecule has 0 amide bonds. The van der Waals surface area contributed by atoms with Crippen LogP contribution in [0.3, 0.4) is 0 Å². The topological polar surface area (TPSA) is 54.3 Å². The first-order chi connectivity index (χ1) is 6.89. The van der Waals surface area contributed by atoms with Crippen molar-refractivity contribution in [2.45, 2.75) is 11.4 Å². The smallest absolute Gasteiger partial charge is 0.244 e. The predicted molar refractivity (Wildman–Crippen MR) is 59.0 cm³/mol. The van der Waals surface area contributed by atoms with E-state index in [4.69, 9.17) is 0 Å². The lowest BCUT2D eigenvalue weighted by Gasteiger charge is -2.08. The average Bonchev–Trinajstić information content (AvgIpc) is 2.49. The van der Waals surface area contributed by atoms with Gasteiger partial charge in [-0.25, -0.2) is 12.7 Å². The minimum absolute atomic E-state index is 0.334. The highest BCUT2D eigenvalue weighted by molar-refractivity contribution is 7.89. The molecule has 0 aliphatic heterocycles. The van der Waals surface area contributed by atoms with Crippen molar-refractivity contribution >= 4 is 10.0 Å². The van der Waals surface area contributed by atoms with E-state index in [1.807, 2.05) is 18.7 Å². The maximum absolute atomic E-state index is 11.8. The van der Waals surface area contributed by atoms with Crippen LogP contribution in [-0.2, 0) is 23.6 Å². The third-order valence-electron chi connectivity index (χ3n) is 2.22. The Kier molecular flexibility index (Phi) is 3.54. The molecule has 0 saturated heterocycles. The molecule has 0 radical (unpaired) electrons. The van der Waals surface area contributed by atoms with Gasteiger partial charge in [-0.1, -0.05) is 0 Å². The van der Waals surface area contributed by atoms with E-state index in [1.54, 1.807) is 12.3 Å². The van der Waals surface area contributed by atoms with E-state index in [-0.39, 0.29) is 0 Å². The fourth-order valence-corrected chi connectivity index (χ4v) is 2.28. The van der Waals surface area contributed by atoms with E-state index in [0.717, 1.165) is 5.69 Å². The highest BCUT2D eigenvalue weighted by Gasteiger charge is 2.19. The largest absolute Gasteiger partial charge is 0.352 e. The van der Waals surface area contributed by atoms with Gasteiger partial charge >= 0.3 is 0 Å². The molecule has 0 aliphatic carbocycles. The fraction of sp³-hybridized carbons (Fsp3) is 0.556. The van der Waals surface area contributed by atoms with Crippen molar-refractivity contribution in [2.75, 3.05) is 21.1 Å². The van der Waals surface area contributed by atoms with Gasteiger partial charge in [0.1, 0.15) is 4.90 Å². The lowest BCUT2D eigenvalue weighted by molar-refractivity contribution is 0.520. The number of hydrogen-bond acceptors (Lipinski definition) is 3. The molecule has 1 N–H and O–H groups in total. The van der Waals surface area contributed by atoms with Crippen molar-refractivity contribution in [1.82, 2.24) is 14.2 Å². The summed E-state index contributed by atoms with van der Waals surface area (Å²) >= 11 is 0. The highest BCUT2D eigenvalue weighted by atomic mass is 32.2. The van der Waals surface area contributed by atoms with Gasteiger partial charge in [-0.15, -0.1) is 0 Å². The number of aryl methyl sites for hydroxylation is 1. The van der Waals surface area contributed by atoms with Gasteiger partial charge in [0.2, 0.25) is 10.0 Å². The van der Waals surface area contributed by atoms with E-state index < -0.39 is 10.0 Å². The Morgan fingerprint density at radius 3 is 2.53 bits per heavy atom. The Morgan fingerprint density at radius 2 is 2.07 bits per heavy atom. The van der Waals surface area contributed by atoms with E-state index in [2.05, 4.69) is 5.32 Å². The van der Waals surface area contributed by atoms with Gasteiger partial charge in [0.15, 0.2) is 0 Å². The van der Waals surface area contributed by atoms with Crippen molar-refractivity contribution in [1.29, 1.82) is 0 Å². The molecule has 5 nitrogen and oxygen atoms in total. The van der Waals surface area contributed by atoms with Crippen LogP contribution in [0.5, 0.6) is 0 Å². The van der Waals surface area contributed by atoms with Crippen molar-refractivity contribution in [2.24, 2.45) is 7.05 Å². The summed E-state index contributed by atoms with van der Waals surface area (Å²) < 4.78 is 26.6. The molecule has 0 unspecified atom stereocenters. The molecule has 0 saturated carbocycles. The molecule has 6 heteroatoms. The average molecular weight is 231 g/mol. The Bertz CT molecular complexity index is 434. The normalized spacial score (nSPS) is 12.3. The van der Waals surface area contributed by atoms with Gasteiger partial charge < -0.3 is 9.88 Å². The standard InChI is InChI=1S/C9H17N3O2S/c1-10-6-8-5-9(7-12(8)4)15(13,14)11(2)3/h5,7,10H,6H2,1-4H3. The molecule has 0 atom stereocenters. The number of rotatable bonds is 4. The molecule has 0 spiro atoms. The first-order valence-corrected chi connectivity index (χ1v) is 6.06. The minimum atomic E-state index is -3.31. The first kappa shape index (κ1) is 12.2. The van der Waals surface area contributed by atoms with Crippen LogP contribution in [0.4, 0.5) is 0 Å². The molecular formula is C9H17N3O2S. The summed E-state index contributed by atoms with van der Waals surface area (Å²) in [6.45, 7) is 0.652. The first-order valence-electron chi connectivity index (χ1n) is 4.62. The van der Waals surface area contributed by atoms with Crippen LogP contribution in [0.2, 0.25) is 0 Å². The Balaban J connectivity index is 3.13. The molecule has 15 heavy (non-hydrogen) atoms. The molecule has 86 valence electrons. The van der Waals surface area contributed by atoms with E-state index >= 15 is 0 Å². The predicted octanol–water partition coefficient (Wildman–Crippen LogP) is -0.00520. The third kappa shape index (κ3) is 2.39. The van der Waals surface area contributed by atoms with Crippen LogP contribution >= 0.6 is 0 Å². The third-order valence-corrected chi connectivity index (χ3v) is 4.00. The maximum atomic E-state index is 11.8. The summed E-state index contributed by atoms with van der Waals surface area (Å²) in [5.41, 5.74) is 0.943. The van der Waals surface area contributed by atoms with Crippen LogP contribution in [0.1, 0.15) is 5.69 Å². The van der Waals surface area contributed by atoms with Gasteiger partial charge in [0.25, 0.3) is 0 Å². The van der Waals surface area contributed by atoms with E-state index in [0.29, 0.717) is 11.4 Å². The van der Waals surface area contributed by atoms with Crippen molar-refractivity contribution < 1.29 is 8.42 Å². The zero-order valence-corrected chi connectivity index (χ0v) is 10.3. The van der Waals surface area contributed by atoms with E-state index in [1.165, 1.54) is 18.4 Å². The van der Waals surface area contributed by atoms with Crippen molar-refractivity contribution in [3.8, 4) is 0 Å². The molecule has 0 aliphatic rings. The second-order valence-corrected chi connectivity index (χ2v) is 5.75. The van der Waals surface area contributed by atoms with Crippen molar-refractivity contribution in [3.05, 3.63) is 18.0 Å². The molecule has 1 aromatic rings. The molecule has 1 aromatic heterocycles. The minimum Gasteiger partial charge on any atom is -0.352 e. The zero-order chi connectivity index (χ0) is 11.6. The van der Waals surface area contributed by atoms with Crippen LogP contribution in [0.25, 0.3) is 0 Å². The number of hydrogen-bond donors (Lipinski definition) is 1. The summed E-state index contributed by atoms with van der Waals surface area (Å²) in [5.74, 6) is 0. The second-order valence-electron chi connectivity index (χ2n) is 3.60. The SMILES string of the molecule is CNCc1cc(S(=O)(=O)N(C)C)cn1C. The van der Waals surface area contributed by atoms with Gasteiger partial charge in [0.05, 0.1) is 0 Å². The monoisotopic (exact) mass is 231 g/mol. The molecule has 0 bridgehead atoms. The highest BCUT2D eigenvalue weighted by Crippen LogP contribution is 2.16. The lowest BCUT2D eigenvalue weighted by atomic mass is 10.4. The van der Waals surface area contributed by atoms with Crippen LogP contribution in [0.15, 0.2) is 17.2 Å². The summed E-state index contributed by atoms with van der Waals surface area (Å²) in [7, 11) is 3.40. The summed E-state index contributed by atoms with van der Waals surface area (Å²) in [5, 5.41) is 2.99. The number of nitrogens with zero attached hydrogens (tertiary/aromatic N) is 2. The molecule has 0 fully saturated rings. The number of nitrogens with one attached hydrogen (secondary N) is 1. The maximum Gasteiger partial charge on any atom is 0.244 e. The Morgan fingerprint density at radius 1 is 1.47 bits per heavy atom. The van der Waals surface area contributed by atoms with Crippen LogP contribution < -0.4 is 5.32 Å². The van der Waals surface area contributed by atoms with Gasteiger partial charge in [-0.05, 0) is 13.1 Å². The van der Waals surface area contributed by atoms with Gasteiger partial charge in [0, 0.05) is 39.6 Å². The Labute approximate surface area is 90.7 Å². The number of sulfonamides is 1. The molecule has 1 rings (SSSR count). The fourth-order valence-electron chi connectivity index (χ4n) is 1.29. The molecule has 0 aromatic carbocycles. The quantitative estimate of drug-likeness (QED) is 0.793. The number of aromatic nitrogens is 1. The zero-order valence-electron chi connectivity index (χ0n) is 9.48. The van der Waals surface area contributed by atoms with Crippen molar-refractivity contribution in [3.63, 3.8) is 0 Å². The van der Waals surface area contributed by atoms with E-state index in [9.17, 15) is 8.42 Å². The Hall–Kier alpha value is -0.850.